The summed E-state index contributed by atoms with van der Waals surface area (Å²) >= 11 is 1.65. The van der Waals surface area contributed by atoms with Gasteiger partial charge in [-0.25, -0.2) is 0 Å². The van der Waals surface area contributed by atoms with Gasteiger partial charge in [-0.1, -0.05) is 18.2 Å². The molecule has 0 saturated carbocycles. The van der Waals surface area contributed by atoms with E-state index in [-0.39, 0.29) is 0 Å². The van der Waals surface area contributed by atoms with Gasteiger partial charge < -0.3 is 16.2 Å². The number of thiophene rings is 1. The van der Waals surface area contributed by atoms with E-state index in [4.69, 9.17) is 16.2 Å². The lowest BCUT2D eigenvalue weighted by Crippen LogP contribution is -1.95. The Bertz CT molecular complexity index is 718. The molecule has 3 aromatic rings. The zero-order chi connectivity index (χ0) is 12.0. The van der Waals surface area contributed by atoms with Gasteiger partial charge in [-0.3, -0.25) is 0 Å². The fraction of sp³-hybridized carbons (Fsp3) is 0.0769. The van der Waals surface area contributed by atoms with E-state index in [1.54, 1.807) is 24.5 Å². The van der Waals surface area contributed by atoms with E-state index in [9.17, 15) is 0 Å². The van der Waals surface area contributed by atoms with Crippen LogP contribution in [-0.2, 0) is 0 Å². The highest BCUT2D eigenvalue weighted by molar-refractivity contribution is 7.26. The Hall–Kier alpha value is -1.94. The SMILES string of the molecule is COc1cc(N)c2c(sc3ccccc32)c1N. The maximum absolute atomic E-state index is 6.09. The predicted octanol–water partition coefficient (Wildman–Crippen LogP) is 3.23. The Morgan fingerprint density at radius 1 is 1.18 bits per heavy atom. The van der Waals surface area contributed by atoms with Crippen LogP contribution in [0, 0.1) is 0 Å². The van der Waals surface area contributed by atoms with Gasteiger partial charge in [-0.15, -0.1) is 11.3 Å². The molecule has 0 saturated heterocycles. The van der Waals surface area contributed by atoms with E-state index in [0.717, 1.165) is 15.5 Å². The number of hydrogen-bond donors (Lipinski definition) is 2. The molecule has 0 amide bonds. The van der Waals surface area contributed by atoms with Gasteiger partial charge >= 0.3 is 0 Å². The largest absolute Gasteiger partial charge is 0.494 e. The second-order valence-electron chi connectivity index (χ2n) is 3.88. The Labute approximate surface area is 103 Å². The van der Waals surface area contributed by atoms with Gasteiger partial charge in [0.25, 0.3) is 0 Å². The van der Waals surface area contributed by atoms with Crippen LogP contribution in [0.1, 0.15) is 0 Å². The second-order valence-corrected chi connectivity index (χ2v) is 4.94. The van der Waals surface area contributed by atoms with Gasteiger partial charge in [0.2, 0.25) is 0 Å². The highest BCUT2D eigenvalue weighted by Gasteiger charge is 2.14. The average Bonchev–Trinajstić information content (AvgIpc) is 2.73. The van der Waals surface area contributed by atoms with Crippen molar-refractivity contribution >= 4 is 42.9 Å². The van der Waals surface area contributed by atoms with Crippen LogP contribution in [0.25, 0.3) is 20.2 Å². The standard InChI is InChI=1S/C13H12N2OS/c1-16-9-6-8(14)11-7-4-2-3-5-10(7)17-13(11)12(9)15/h2-6H,14-15H2,1H3. The number of nitrogen functional groups attached to an aromatic ring is 2. The molecule has 3 rings (SSSR count). The molecule has 0 unspecified atom stereocenters. The van der Waals surface area contributed by atoms with Crippen LogP contribution in [0.2, 0.25) is 0 Å². The molecule has 0 spiro atoms. The van der Waals surface area contributed by atoms with Crippen molar-refractivity contribution in [3.05, 3.63) is 30.3 Å². The molecule has 0 atom stereocenters. The topological polar surface area (TPSA) is 61.3 Å². The molecule has 4 N–H and O–H groups in total. The summed E-state index contributed by atoms with van der Waals surface area (Å²) < 4.78 is 7.42. The van der Waals surface area contributed by atoms with Gasteiger partial charge in [-0.2, -0.15) is 0 Å². The van der Waals surface area contributed by atoms with Gasteiger partial charge in [0.15, 0.2) is 0 Å². The number of benzene rings is 2. The minimum Gasteiger partial charge on any atom is -0.494 e. The lowest BCUT2D eigenvalue weighted by atomic mass is 10.1. The molecule has 17 heavy (non-hydrogen) atoms. The lowest BCUT2D eigenvalue weighted by Gasteiger charge is -2.07. The number of rotatable bonds is 1. The van der Waals surface area contributed by atoms with Gasteiger partial charge in [0, 0.05) is 27.2 Å². The molecule has 0 radical (unpaired) electrons. The van der Waals surface area contributed by atoms with Crippen LogP contribution in [0.15, 0.2) is 30.3 Å². The number of hydrogen-bond acceptors (Lipinski definition) is 4. The summed E-state index contributed by atoms with van der Waals surface area (Å²) in [4.78, 5) is 0. The zero-order valence-electron chi connectivity index (χ0n) is 9.36. The van der Waals surface area contributed by atoms with Crippen molar-refractivity contribution in [3.63, 3.8) is 0 Å². The molecule has 0 fully saturated rings. The van der Waals surface area contributed by atoms with Crippen molar-refractivity contribution in [1.29, 1.82) is 0 Å². The third-order valence-electron chi connectivity index (χ3n) is 2.90. The molecule has 0 aliphatic rings. The molecule has 86 valence electrons. The average molecular weight is 244 g/mol. The van der Waals surface area contributed by atoms with Crippen LogP contribution in [0.5, 0.6) is 5.75 Å². The summed E-state index contributed by atoms with van der Waals surface area (Å²) in [5.74, 6) is 0.640. The smallest absolute Gasteiger partial charge is 0.145 e. The fourth-order valence-corrected chi connectivity index (χ4v) is 3.28. The first kappa shape index (κ1) is 10.2. The maximum Gasteiger partial charge on any atom is 0.145 e. The summed E-state index contributed by atoms with van der Waals surface area (Å²) in [6.07, 6.45) is 0. The number of fused-ring (bicyclic) bond motifs is 3. The lowest BCUT2D eigenvalue weighted by molar-refractivity contribution is 0.418. The minimum absolute atomic E-state index is 0.640. The summed E-state index contributed by atoms with van der Waals surface area (Å²) in [6.45, 7) is 0. The Balaban J connectivity index is 2.56. The monoisotopic (exact) mass is 244 g/mol. The molecule has 0 aliphatic heterocycles. The molecule has 1 aromatic heterocycles. The third kappa shape index (κ3) is 1.34. The Kier molecular flexibility index (Phi) is 2.12. The van der Waals surface area contributed by atoms with Gasteiger partial charge in [0.05, 0.1) is 17.5 Å². The van der Waals surface area contributed by atoms with Crippen molar-refractivity contribution in [2.45, 2.75) is 0 Å². The molecule has 4 heteroatoms. The van der Waals surface area contributed by atoms with Gasteiger partial charge in [0.1, 0.15) is 5.75 Å². The van der Waals surface area contributed by atoms with E-state index in [2.05, 4.69) is 12.1 Å². The number of nitrogens with two attached hydrogens (primary N) is 2. The van der Waals surface area contributed by atoms with Gasteiger partial charge in [-0.05, 0) is 6.07 Å². The highest BCUT2D eigenvalue weighted by Crippen LogP contribution is 2.44. The first-order valence-electron chi connectivity index (χ1n) is 5.25. The zero-order valence-corrected chi connectivity index (χ0v) is 10.2. The predicted molar refractivity (Wildman–Crippen MR) is 74.7 cm³/mol. The number of anilines is 2. The van der Waals surface area contributed by atoms with E-state index < -0.39 is 0 Å². The van der Waals surface area contributed by atoms with Crippen molar-refractivity contribution < 1.29 is 4.74 Å². The maximum atomic E-state index is 6.09. The molecule has 0 bridgehead atoms. The molecule has 3 nitrogen and oxygen atoms in total. The third-order valence-corrected chi connectivity index (χ3v) is 4.10. The van der Waals surface area contributed by atoms with Crippen molar-refractivity contribution in [2.24, 2.45) is 0 Å². The Morgan fingerprint density at radius 3 is 2.71 bits per heavy atom. The summed E-state index contributed by atoms with van der Waals surface area (Å²) in [5.41, 5.74) is 13.6. The van der Waals surface area contributed by atoms with Crippen LogP contribution in [0.3, 0.4) is 0 Å². The molecule has 1 heterocycles. The van der Waals surface area contributed by atoms with Crippen LogP contribution in [0.4, 0.5) is 11.4 Å². The van der Waals surface area contributed by atoms with Crippen LogP contribution >= 0.6 is 11.3 Å². The van der Waals surface area contributed by atoms with E-state index in [0.29, 0.717) is 17.1 Å². The number of ether oxygens (including phenoxy) is 1. The second kappa shape index (κ2) is 3.53. The molecule has 2 aromatic carbocycles. The quantitative estimate of drug-likeness (QED) is 0.646. The summed E-state index contributed by atoms with van der Waals surface area (Å²) in [7, 11) is 1.60. The first-order chi connectivity index (χ1) is 8.22. The molecular formula is C13H12N2OS. The normalized spacial score (nSPS) is 11.1. The summed E-state index contributed by atoms with van der Waals surface area (Å²) in [5, 5.41) is 2.18. The van der Waals surface area contributed by atoms with E-state index in [1.165, 1.54) is 4.70 Å². The molecule has 0 aliphatic carbocycles. The summed E-state index contributed by atoms with van der Waals surface area (Å²) in [6, 6.07) is 9.95. The van der Waals surface area contributed by atoms with Crippen molar-refractivity contribution in [2.75, 3.05) is 18.6 Å². The van der Waals surface area contributed by atoms with Crippen LogP contribution in [-0.4, -0.2) is 7.11 Å². The minimum atomic E-state index is 0.640. The van der Waals surface area contributed by atoms with Crippen molar-refractivity contribution in [3.8, 4) is 5.75 Å². The van der Waals surface area contributed by atoms with Crippen molar-refractivity contribution in [1.82, 2.24) is 0 Å². The molecular weight excluding hydrogens is 232 g/mol. The number of methoxy groups -OCH3 is 1. The van der Waals surface area contributed by atoms with Crippen LogP contribution < -0.4 is 16.2 Å². The highest BCUT2D eigenvalue weighted by atomic mass is 32.1. The van der Waals surface area contributed by atoms with E-state index >= 15 is 0 Å². The fourth-order valence-electron chi connectivity index (χ4n) is 2.09. The first-order valence-corrected chi connectivity index (χ1v) is 6.07. The Morgan fingerprint density at radius 2 is 1.94 bits per heavy atom. The van der Waals surface area contributed by atoms with E-state index in [1.807, 2.05) is 12.1 Å².